The maximum Gasteiger partial charge on any atom is 0.0538 e. The molecule has 2 aromatic rings. The fourth-order valence-corrected chi connectivity index (χ4v) is 3.00. The van der Waals surface area contributed by atoms with Gasteiger partial charge in [-0.05, 0) is 24.9 Å². The van der Waals surface area contributed by atoms with Crippen LogP contribution in [0.5, 0.6) is 0 Å². The molecule has 2 rings (SSSR count). The molecule has 0 saturated heterocycles. The molecule has 0 aromatic carbocycles. The summed E-state index contributed by atoms with van der Waals surface area (Å²) in [5.74, 6) is 0. The van der Waals surface area contributed by atoms with E-state index >= 15 is 0 Å². The highest BCUT2D eigenvalue weighted by Crippen LogP contribution is 2.21. The van der Waals surface area contributed by atoms with Gasteiger partial charge in [-0.2, -0.15) is 5.10 Å². The van der Waals surface area contributed by atoms with E-state index in [2.05, 4.69) is 47.7 Å². The molecule has 2 aromatic heterocycles. The van der Waals surface area contributed by atoms with Crippen molar-refractivity contribution < 1.29 is 0 Å². The third-order valence-electron chi connectivity index (χ3n) is 3.23. The standard InChI is InChI=1S/C14H22N4S/c1-3-6-18-10-12(9-16-18)14(8-15)17(2)11-13-5-4-7-19-13/h4-5,7,9-10,14H,3,6,8,11,15H2,1-2H3. The van der Waals surface area contributed by atoms with E-state index < -0.39 is 0 Å². The van der Waals surface area contributed by atoms with Crippen LogP contribution < -0.4 is 5.73 Å². The molecule has 104 valence electrons. The highest BCUT2D eigenvalue weighted by atomic mass is 32.1. The first kappa shape index (κ1) is 14.2. The Balaban J connectivity index is 2.05. The monoisotopic (exact) mass is 278 g/mol. The molecule has 0 bridgehead atoms. The van der Waals surface area contributed by atoms with Gasteiger partial charge in [-0.15, -0.1) is 11.3 Å². The van der Waals surface area contributed by atoms with Crippen molar-refractivity contribution in [3.8, 4) is 0 Å². The lowest BCUT2D eigenvalue weighted by Gasteiger charge is -2.25. The molecule has 0 amide bonds. The van der Waals surface area contributed by atoms with Gasteiger partial charge in [0.05, 0.1) is 12.2 Å². The van der Waals surface area contributed by atoms with Crippen LogP contribution in [-0.4, -0.2) is 28.3 Å². The predicted molar refractivity (Wildman–Crippen MR) is 80.1 cm³/mol. The molecule has 2 N–H and O–H groups in total. The zero-order valence-electron chi connectivity index (χ0n) is 11.6. The summed E-state index contributed by atoms with van der Waals surface area (Å²) in [5, 5.41) is 6.50. The van der Waals surface area contributed by atoms with Crippen molar-refractivity contribution in [1.29, 1.82) is 0 Å². The first-order valence-corrected chi connectivity index (χ1v) is 7.57. The Hall–Kier alpha value is -1.17. The van der Waals surface area contributed by atoms with Gasteiger partial charge in [0.1, 0.15) is 0 Å². The third kappa shape index (κ3) is 3.65. The van der Waals surface area contributed by atoms with Gasteiger partial charge in [-0.25, -0.2) is 0 Å². The van der Waals surface area contributed by atoms with Crippen molar-refractivity contribution in [1.82, 2.24) is 14.7 Å². The second-order valence-electron chi connectivity index (χ2n) is 4.78. The van der Waals surface area contributed by atoms with E-state index in [1.807, 2.05) is 10.9 Å². The maximum absolute atomic E-state index is 5.94. The second-order valence-corrected chi connectivity index (χ2v) is 5.81. The Morgan fingerprint density at radius 2 is 2.37 bits per heavy atom. The largest absolute Gasteiger partial charge is 0.329 e. The van der Waals surface area contributed by atoms with E-state index in [4.69, 9.17) is 5.73 Å². The van der Waals surface area contributed by atoms with Crippen LogP contribution in [-0.2, 0) is 13.1 Å². The van der Waals surface area contributed by atoms with Crippen LogP contribution in [0.1, 0.15) is 29.8 Å². The molecule has 0 radical (unpaired) electrons. The van der Waals surface area contributed by atoms with E-state index in [-0.39, 0.29) is 6.04 Å². The Bertz CT molecular complexity index is 477. The number of nitrogens with zero attached hydrogens (tertiary/aromatic N) is 3. The summed E-state index contributed by atoms with van der Waals surface area (Å²) >= 11 is 1.78. The fourth-order valence-electron chi connectivity index (χ4n) is 2.23. The number of nitrogens with two attached hydrogens (primary N) is 1. The molecule has 0 aliphatic rings. The molecule has 1 atom stereocenters. The van der Waals surface area contributed by atoms with Crippen LogP contribution in [0.4, 0.5) is 0 Å². The number of aromatic nitrogens is 2. The lowest BCUT2D eigenvalue weighted by molar-refractivity contribution is 0.244. The van der Waals surface area contributed by atoms with E-state index in [0.29, 0.717) is 6.54 Å². The Morgan fingerprint density at radius 3 is 3.00 bits per heavy atom. The SMILES string of the molecule is CCCn1cc(C(CN)N(C)Cc2cccs2)cn1. The molecule has 0 fully saturated rings. The van der Waals surface area contributed by atoms with Gasteiger partial charge in [-0.1, -0.05) is 13.0 Å². The van der Waals surface area contributed by atoms with Crippen molar-refractivity contribution in [3.63, 3.8) is 0 Å². The summed E-state index contributed by atoms with van der Waals surface area (Å²) < 4.78 is 2.00. The lowest BCUT2D eigenvalue weighted by atomic mass is 10.1. The highest BCUT2D eigenvalue weighted by molar-refractivity contribution is 7.09. The summed E-state index contributed by atoms with van der Waals surface area (Å²) in [4.78, 5) is 3.65. The summed E-state index contributed by atoms with van der Waals surface area (Å²) in [7, 11) is 2.12. The Labute approximate surface area is 118 Å². The van der Waals surface area contributed by atoms with Crippen molar-refractivity contribution in [3.05, 3.63) is 40.3 Å². The number of likely N-dealkylation sites (N-methyl/N-ethyl adjacent to an activating group) is 1. The van der Waals surface area contributed by atoms with E-state index in [0.717, 1.165) is 19.5 Å². The summed E-state index contributed by atoms with van der Waals surface area (Å²) in [6, 6.07) is 4.48. The molecule has 2 heterocycles. The topological polar surface area (TPSA) is 47.1 Å². The molecule has 0 saturated carbocycles. The van der Waals surface area contributed by atoms with Gasteiger partial charge in [-0.3, -0.25) is 9.58 Å². The molecule has 4 nitrogen and oxygen atoms in total. The molecular weight excluding hydrogens is 256 g/mol. The van der Waals surface area contributed by atoms with Crippen molar-refractivity contribution in [2.45, 2.75) is 32.5 Å². The van der Waals surface area contributed by atoms with Crippen LogP contribution >= 0.6 is 11.3 Å². The van der Waals surface area contributed by atoms with Crippen LogP contribution in [0.25, 0.3) is 0 Å². The molecule has 1 unspecified atom stereocenters. The quantitative estimate of drug-likeness (QED) is 0.846. The van der Waals surface area contributed by atoms with Gasteiger partial charge >= 0.3 is 0 Å². The van der Waals surface area contributed by atoms with Crippen LogP contribution in [0.3, 0.4) is 0 Å². The minimum Gasteiger partial charge on any atom is -0.329 e. The molecule has 0 spiro atoms. The number of rotatable bonds is 7. The molecule has 0 aliphatic carbocycles. The van der Waals surface area contributed by atoms with Gasteiger partial charge in [0.15, 0.2) is 0 Å². The summed E-state index contributed by atoms with van der Waals surface area (Å²) in [6.45, 7) is 4.66. The van der Waals surface area contributed by atoms with E-state index in [1.54, 1.807) is 11.3 Å². The van der Waals surface area contributed by atoms with Crippen LogP contribution in [0, 0.1) is 0 Å². The summed E-state index contributed by atoms with van der Waals surface area (Å²) in [5.41, 5.74) is 7.15. The number of aryl methyl sites for hydroxylation is 1. The van der Waals surface area contributed by atoms with Crippen molar-refractivity contribution in [2.24, 2.45) is 5.73 Å². The second kappa shape index (κ2) is 6.84. The van der Waals surface area contributed by atoms with Gasteiger partial charge in [0.2, 0.25) is 0 Å². The zero-order chi connectivity index (χ0) is 13.7. The minimum atomic E-state index is 0.229. The Kier molecular flexibility index (Phi) is 5.13. The smallest absolute Gasteiger partial charge is 0.0538 e. The van der Waals surface area contributed by atoms with E-state index in [1.165, 1.54) is 10.4 Å². The number of hydrogen-bond donors (Lipinski definition) is 1. The minimum absolute atomic E-state index is 0.229. The first-order chi connectivity index (χ1) is 9.24. The molecular formula is C14H22N4S. The van der Waals surface area contributed by atoms with Crippen molar-refractivity contribution >= 4 is 11.3 Å². The predicted octanol–water partition coefficient (Wildman–Crippen LogP) is 2.49. The molecule has 19 heavy (non-hydrogen) atoms. The Morgan fingerprint density at radius 1 is 1.53 bits per heavy atom. The zero-order valence-corrected chi connectivity index (χ0v) is 12.4. The lowest BCUT2D eigenvalue weighted by Crippen LogP contribution is -2.29. The fraction of sp³-hybridized carbons (Fsp3) is 0.500. The number of thiophene rings is 1. The summed E-state index contributed by atoms with van der Waals surface area (Å²) in [6.07, 6.45) is 5.16. The van der Waals surface area contributed by atoms with Crippen molar-refractivity contribution in [2.75, 3.05) is 13.6 Å². The van der Waals surface area contributed by atoms with Gasteiger partial charge in [0, 0.05) is 36.3 Å². The molecule has 0 aliphatic heterocycles. The van der Waals surface area contributed by atoms with E-state index in [9.17, 15) is 0 Å². The average molecular weight is 278 g/mol. The number of hydrogen-bond acceptors (Lipinski definition) is 4. The maximum atomic E-state index is 5.94. The first-order valence-electron chi connectivity index (χ1n) is 6.69. The molecule has 5 heteroatoms. The van der Waals surface area contributed by atoms with Gasteiger partial charge in [0.25, 0.3) is 0 Å². The van der Waals surface area contributed by atoms with Gasteiger partial charge < -0.3 is 5.73 Å². The van der Waals surface area contributed by atoms with Crippen LogP contribution in [0.15, 0.2) is 29.9 Å². The highest BCUT2D eigenvalue weighted by Gasteiger charge is 2.17. The van der Waals surface area contributed by atoms with Crippen LogP contribution in [0.2, 0.25) is 0 Å². The average Bonchev–Trinajstić information content (AvgIpc) is 3.03. The normalized spacial score (nSPS) is 13.1. The third-order valence-corrected chi connectivity index (χ3v) is 4.09.